The first-order chi connectivity index (χ1) is 7.66. The van der Waals surface area contributed by atoms with E-state index < -0.39 is 0 Å². The molecule has 0 atom stereocenters. The smallest absolute Gasteiger partial charge is 0.157 e. The van der Waals surface area contributed by atoms with Crippen molar-refractivity contribution in [2.24, 2.45) is 0 Å². The van der Waals surface area contributed by atoms with Crippen molar-refractivity contribution in [3.05, 3.63) is 40.1 Å². The lowest BCUT2D eigenvalue weighted by Crippen LogP contribution is -2.01. The van der Waals surface area contributed by atoms with Crippen molar-refractivity contribution in [1.82, 2.24) is 9.97 Å². The van der Waals surface area contributed by atoms with Gasteiger partial charge in [-0.2, -0.15) is 0 Å². The summed E-state index contributed by atoms with van der Waals surface area (Å²) in [4.78, 5) is 7.78. The number of nitrogens with two attached hydrogens (primary N) is 1. The van der Waals surface area contributed by atoms with E-state index in [4.69, 9.17) is 5.73 Å². The second-order valence-corrected chi connectivity index (χ2v) is 4.24. The third-order valence-corrected chi connectivity index (χ3v) is 2.82. The highest BCUT2D eigenvalue weighted by atomic mass is 127. The molecule has 1 heterocycles. The molecule has 0 saturated heterocycles. The molecule has 0 amide bonds. The number of benzene rings is 1. The summed E-state index contributed by atoms with van der Waals surface area (Å²) in [7, 11) is 0. The van der Waals surface area contributed by atoms with Gasteiger partial charge < -0.3 is 11.1 Å². The predicted octanol–water partition coefficient (Wildman–Crippen LogP) is 2.55. The zero-order valence-electron chi connectivity index (χ0n) is 8.11. The highest BCUT2D eigenvalue weighted by Gasteiger charge is 2.04. The molecule has 0 bridgehead atoms. The van der Waals surface area contributed by atoms with E-state index in [0.29, 0.717) is 11.5 Å². The average Bonchev–Trinajstić information content (AvgIpc) is 2.25. The Kier molecular flexibility index (Phi) is 3.18. The summed E-state index contributed by atoms with van der Waals surface area (Å²) < 4.78 is 13.6. The van der Waals surface area contributed by atoms with Crippen LogP contribution in [0.15, 0.2) is 30.7 Å². The molecule has 16 heavy (non-hydrogen) atoms. The molecule has 0 radical (unpaired) electrons. The minimum atomic E-state index is -0.273. The van der Waals surface area contributed by atoms with Crippen LogP contribution in [0.4, 0.5) is 21.6 Å². The lowest BCUT2D eigenvalue weighted by Gasteiger charge is -2.09. The Bertz CT molecular complexity index is 518. The molecule has 2 rings (SSSR count). The van der Waals surface area contributed by atoms with Gasteiger partial charge in [-0.3, -0.25) is 0 Å². The van der Waals surface area contributed by atoms with E-state index in [9.17, 15) is 4.39 Å². The van der Waals surface area contributed by atoms with Crippen LogP contribution in [0, 0.1) is 9.39 Å². The lowest BCUT2D eigenvalue weighted by molar-refractivity contribution is 0.627. The van der Waals surface area contributed by atoms with E-state index >= 15 is 0 Å². The van der Waals surface area contributed by atoms with Gasteiger partial charge in [0.05, 0.1) is 17.6 Å². The average molecular weight is 330 g/mol. The Hall–Kier alpha value is -1.44. The highest BCUT2D eigenvalue weighted by molar-refractivity contribution is 14.1. The van der Waals surface area contributed by atoms with Gasteiger partial charge >= 0.3 is 0 Å². The second-order valence-electron chi connectivity index (χ2n) is 3.08. The molecule has 0 saturated carbocycles. The largest absolute Gasteiger partial charge is 0.394 e. The van der Waals surface area contributed by atoms with Crippen LogP contribution in [0.5, 0.6) is 0 Å². The van der Waals surface area contributed by atoms with Crippen LogP contribution in [-0.4, -0.2) is 9.97 Å². The topological polar surface area (TPSA) is 63.8 Å². The van der Waals surface area contributed by atoms with Crippen molar-refractivity contribution in [1.29, 1.82) is 0 Å². The Morgan fingerprint density at radius 2 is 2.19 bits per heavy atom. The van der Waals surface area contributed by atoms with Crippen LogP contribution in [0.2, 0.25) is 0 Å². The minimum absolute atomic E-state index is 0.273. The van der Waals surface area contributed by atoms with Gasteiger partial charge in [0, 0.05) is 3.57 Å². The molecule has 4 nitrogen and oxygen atoms in total. The highest BCUT2D eigenvalue weighted by Crippen LogP contribution is 2.24. The van der Waals surface area contributed by atoms with Crippen LogP contribution in [-0.2, 0) is 0 Å². The SMILES string of the molecule is Nc1cncnc1Nc1ccc(F)cc1I. The van der Waals surface area contributed by atoms with Crippen LogP contribution < -0.4 is 11.1 Å². The summed E-state index contributed by atoms with van der Waals surface area (Å²) in [6.07, 6.45) is 2.90. The van der Waals surface area contributed by atoms with Crippen LogP contribution in [0.1, 0.15) is 0 Å². The number of nitrogen functional groups attached to an aromatic ring is 1. The molecule has 0 aliphatic rings. The van der Waals surface area contributed by atoms with Crippen LogP contribution in [0.3, 0.4) is 0 Å². The number of halogens is 2. The van der Waals surface area contributed by atoms with Crippen molar-refractivity contribution < 1.29 is 4.39 Å². The molecule has 0 aliphatic carbocycles. The van der Waals surface area contributed by atoms with Gasteiger partial charge in [-0.1, -0.05) is 0 Å². The number of nitrogens with one attached hydrogen (secondary N) is 1. The monoisotopic (exact) mass is 330 g/mol. The normalized spacial score (nSPS) is 10.1. The number of nitrogens with zero attached hydrogens (tertiary/aromatic N) is 2. The molecule has 0 unspecified atom stereocenters. The summed E-state index contributed by atoms with van der Waals surface area (Å²) >= 11 is 2.04. The first-order valence-electron chi connectivity index (χ1n) is 4.44. The van der Waals surface area contributed by atoms with Gasteiger partial charge in [0.15, 0.2) is 5.82 Å². The van der Waals surface area contributed by atoms with Gasteiger partial charge in [0.25, 0.3) is 0 Å². The van der Waals surface area contributed by atoms with E-state index in [0.717, 1.165) is 9.26 Å². The summed E-state index contributed by atoms with van der Waals surface area (Å²) in [6, 6.07) is 4.45. The van der Waals surface area contributed by atoms with E-state index in [1.54, 1.807) is 6.07 Å². The summed E-state index contributed by atoms with van der Waals surface area (Å²) in [5.41, 5.74) is 6.89. The van der Waals surface area contributed by atoms with Crippen LogP contribution >= 0.6 is 22.6 Å². The van der Waals surface area contributed by atoms with E-state index in [1.165, 1.54) is 24.7 Å². The molecule has 0 spiro atoms. The molecule has 1 aromatic heterocycles. The lowest BCUT2D eigenvalue weighted by atomic mass is 10.3. The van der Waals surface area contributed by atoms with Crippen molar-refractivity contribution in [3.8, 4) is 0 Å². The zero-order valence-corrected chi connectivity index (χ0v) is 10.3. The fraction of sp³-hybridized carbons (Fsp3) is 0. The first-order valence-corrected chi connectivity index (χ1v) is 5.52. The van der Waals surface area contributed by atoms with Gasteiger partial charge in [0.2, 0.25) is 0 Å². The fourth-order valence-electron chi connectivity index (χ4n) is 1.16. The Morgan fingerprint density at radius 1 is 1.38 bits per heavy atom. The molecule has 3 N–H and O–H groups in total. The maximum atomic E-state index is 12.9. The minimum Gasteiger partial charge on any atom is -0.394 e. The molecule has 0 fully saturated rings. The summed E-state index contributed by atoms with van der Waals surface area (Å²) in [6.45, 7) is 0. The molecular weight excluding hydrogens is 322 g/mol. The zero-order chi connectivity index (χ0) is 11.5. The third kappa shape index (κ3) is 2.38. The van der Waals surface area contributed by atoms with Gasteiger partial charge in [-0.25, -0.2) is 14.4 Å². The number of hydrogen-bond acceptors (Lipinski definition) is 4. The Labute approximate surface area is 105 Å². The fourth-order valence-corrected chi connectivity index (χ4v) is 1.78. The van der Waals surface area contributed by atoms with Gasteiger partial charge in [-0.05, 0) is 40.8 Å². The van der Waals surface area contributed by atoms with E-state index in [-0.39, 0.29) is 5.82 Å². The maximum Gasteiger partial charge on any atom is 0.157 e. The van der Waals surface area contributed by atoms with Gasteiger partial charge in [0.1, 0.15) is 12.1 Å². The molecular formula is C10H8FIN4. The molecule has 2 aromatic rings. The molecule has 0 aliphatic heterocycles. The Morgan fingerprint density at radius 3 is 2.88 bits per heavy atom. The third-order valence-electron chi connectivity index (χ3n) is 1.92. The summed E-state index contributed by atoms with van der Waals surface area (Å²) in [5, 5.41) is 3.02. The van der Waals surface area contributed by atoms with Crippen LogP contribution in [0.25, 0.3) is 0 Å². The Balaban J connectivity index is 2.31. The number of hydrogen-bond donors (Lipinski definition) is 2. The summed E-state index contributed by atoms with van der Waals surface area (Å²) in [5.74, 6) is 0.241. The van der Waals surface area contributed by atoms with E-state index in [2.05, 4.69) is 15.3 Å². The van der Waals surface area contributed by atoms with E-state index in [1.807, 2.05) is 22.6 Å². The number of anilines is 3. The van der Waals surface area contributed by atoms with Crippen molar-refractivity contribution in [2.75, 3.05) is 11.1 Å². The first kappa shape index (κ1) is 11.1. The maximum absolute atomic E-state index is 12.9. The number of rotatable bonds is 2. The molecule has 1 aromatic carbocycles. The predicted molar refractivity (Wildman–Crippen MR) is 68.8 cm³/mol. The van der Waals surface area contributed by atoms with Crippen molar-refractivity contribution in [2.45, 2.75) is 0 Å². The second kappa shape index (κ2) is 4.60. The quantitative estimate of drug-likeness (QED) is 0.831. The standard InChI is InChI=1S/C10H8FIN4/c11-6-1-2-9(7(12)3-6)16-10-8(13)4-14-5-15-10/h1-5H,13H2,(H,14,15,16). The van der Waals surface area contributed by atoms with Gasteiger partial charge in [-0.15, -0.1) is 0 Å². The van der Waals surface area contributed by atoms with Crippen molar-refractivity contribution >= 4 is 39.8 Å². The number of aromatic nitrogens is 2. The molecule has 82 valence electrons. The molecule has 6 heteroatoms. The van der Waals surface area contributed by atoms with Crippen molar-refractivity contribution in [3.63, 3.8) is 0 Å².